The predicted molar refractivity (Wildman–Crippen MR) is 113 cm³/mol. The zero-order valence-corrected chi connectivity index (χ0v) is 17.2. The van der Waals surface area contributed by atoms with Crippen LogP contribution in [-0.4, -0.2) is 39.1 Å². The number of carbonyl (C=O) groups excluding carboxylic acids is 1. The van der Waals surface area contributed by atoms with E-state index < -0.39 is 0 Å². The number of anilines is 1. The average Bonchev–Trinajstić information content (AvgIpc) is 3.48. The van der Waals surface area contributed by atoms with Crippen molar-refractivity contribution in [2.24, 2.45) is 5.10 Å². The lowest BCUT2D eigenvalue weighted by atomic mass is 10.1. The van der Waals surface area contributed by atoms with Gasteiger partial charge < -0.3 is 9.73 Å². The molecule has 4 heterocycles. The minimum atomic E-state index is -0.104. The number of carbonyl (C=O) groups is 1. The van der Waals surface area contributed by atoms with Crippen LogP contribution in [0.2, 0.25) is 0 Å². The van der Waals surface area contributed by atoms with Crippen LogP contribution in [0.3, 0.4) is 0 Å². The third kappa shape index (κ3) is 4.18. The summed E-state index contributed by atoms with van der Waals surface area (Å²) in [4.78, 5) is 14.0. The van der Waals surface area contributed by atoms with E-state index in [1.54, 1.807) is 28.7 Å². The predicted octanol–water partition coefficient (Wildman–Crippen LogP) is 4.26. The summed E-state index contributed by atoms with van der Waals surface area (Å²) in [5.74, 6) is 0.875. The van der Waals surface area contributed by atoms with E-state index >= 15 is 0 Å². The molecule has 0 saturated heterocycles. The van der Waals surface area contributed by atoms with Crippen molar-refractivity contribution in [2.75, 3.05) is 17.6 Å². The summed E-state index contributed by atoms with van der Waals surface area (Å²) < 4.78 is 6.21. The highest BCUT2D eigenvalue weighted by molar-refractivity contribution is 8.01. The largest absolute Gasteiger partial charge is 0.463 e. The van der Waals surface area contributed by atoms with Crippen molar-refractivity contribution in [2.45, 2.75) is 16.8 Å². The van der Waals surface area contributed by atoms with Crippen LogP contribution < -0.4 is 5.32 Å². The van der Waals surface area contributed by atoms with E-state index in [-0.39, 0.29) is 17.7 Å². The second kappa shape index (κ2) is 8.72. The lowest BCUT2D eigenvalue weighted by Gasteiger charge is -2.20. The van der Waals surface area contributed by atoms with E-state index in [1.807, 2.05) is 29.6 Å². The molecule has 4 rings (SSSR count). The molecular weight excluding hydrogens is 414 g/mol. The van der Waals surface area contributed by atoms with Gasteiger partial charge in [-0.1, -0.05) is 35.2 Å². The molecular formula is C18H17N5O2S3. The molecule has 1 atom stereocenters. The van der Waals surface area contributed by atoms with E-state index in [9.17, 15) is 4.79 Å². The minimum Gasteiger partial charge on any atom is -0.463 e. The van der Waals surface area contributed by atoms with Gasteiger partial charge in [-0.25, -0.2) is 5.01 Å². The molecule has 1 N–H and O–H groups in total. The maximum atomic E-state index is 12.9. The van der Waals surface area contributed by atoms with Crippen molar-refractivity contribution < 1.29 is 9.21 Å². The number of hydrogen-bond acceptors (Lipinski definition) is 9. The van der Waals surface area contributed by atoms with Crippen LogP contribution in [-0.2, 0) is 4.79 Å². The lowest BCUT2D eigenvalue weighted by Crippen LogP contribution is -2.28. The highest BCUT2D eigenvalue weighted by Crippen LogP contribution is 2.36. The fourth-order valence-corrected chi connectivity index (χ4v) is 5.15. The normalized spacial score (nSPS) is 16.2. The first-order valence-electron chi connectivity index (χ1n) is 8.52. The number of rotatable bonds is 8. The van der Waals surface area contributed by atoms with Gasteiger partial charge >= 0.3 is 0 Å². The Morgan fingerprint density at radius 2 is 2.36 bits per heavy atom. The Bertz CT molecular complexity index is 965. The van der Waals surface area contributed by atoms with Gasteiger partial charge in [-0.2, -0.15) is 5.10 Å². The SMILES string of the molecule is C=CCNc1nnc(SCC(=O)N2N=C(c3ccco3)C[C@@H]2c2cccs2)s1. The quantitative estimate of drug-likeness (QED) is 0.424. The second-order valence-corrected chi connectivity index (χ2v) is 9.01. The number of nitrogens with one attached hydrogen (secondary N) is 1. The number of thiophene rings is 1. The third-order valence-corrected chi connectivity index (χ3v) is 6.94. The molecule has 0 unspecified atom stereocenters. The molecule has 0 radical (unpaired) electrons. The van der Waals surface area contributed by atoms with Crippen molar-refractivity contribution in [3.8, 4) is 0 Å². The van der Waals surface area contributed by atoms with Gasteiger partial charge in [-0.3, -0.25) is 4.79 Å². The Morgan fingerprint density at radius 1 is 1.43 bits per heavy atom. The van der Waals surface area contributed by atoms with Gasteiger partial charge in [-0.05, 0) is 23.6 Å². The molecule has 10 heteroatoms. The van der Waals surface area contributed by atoms with Crippen molar-refractivity contribution in [3.63, 3.8) is 0 Å². The van der Waals surface area contributed by atoms with E-state index in [4.69, 9.17) is 4.42 Å². The molecule has 3 aromatic rings. The number of hydrazone groups is 1. The zero-order chi connectivity index (χ0) is 19.3. The highest BCUT2D eigenvalue weighted by atomic mass is 32.2. The van der Waals surface area contributed by atoms with Crippen LogP contribution in [0.15, 0.2) is 62.4 Å². The van der Waals surface area contributed by atoms with Crippen LogP contribution in [0, 0.1) is 0 Å². The van der Waals surface area contributed by atoms with E-state index in [2.05, 4.69) is 27.2 Å². The monoisotopic (exact) mass is 431 g/mol. The van der Waals surface area contributed by atoms with E-state index in [0.29, 0.717) is 23.9 Å². The van der Waals surface area contributed by atoms with Gasteiger partial charge in [0.05, 0.1) is 18.1 Å². The molecule has 1 aliphatic rings. The molecule has 3 aromatic heterocycles. The standard InChI is InChI=1S/C18H17N5O2S3/c1-2-7-19-17-20-21-18(28-17)27-11-16(24)23-13(15-6-4-9-26-15)10-12(22-23)14-5-3-8-25-14/h2-6,8-9,13H,1,7,10-11H2,(H,19,20)/t13-/m1/s1. The molecule has 0 fully saturated rings. The Kier molecular flexibility index (Phi) is 5.89. The summed E-state index contributed by atoms with van der Waals surface area (Å²) in [5, 5.41) is 20.1. The molecule has 0 aromatic carbocycles. The van der Waals surface area contributed by atoms with Crippen molar-refractivity contribution >= 4 is 51.2 Å². The van der Waals surface area contributed by atoms with Crippen molar-refractivity contribution in [1.82, 2.24) is 15.2 Å². The van der Waals surface area contributed by atoms with Crippen LogP contribution in [0.4, 0.5) is 5.13 Å². The van der Waals surface area contributed by atoms with Gasteiger partial charge in [0.25, 0.3) is 5.91 Å². The number of thioether (sulfide) groups is 1. The summed E-state index contributed by atoms with van der Waals surface area (Å²) in [5.41, 5.74) is 0.786. The number of hydrogen-bond donors (Lipinski definition) is 1. The smallest absolute Gasteiger partial charge is 0.253 e. The molecule has 144 valence electrons. The van der Waals surface area contributed by atoms with Crippen LogP contribution in [0.25, 0.3) is 0 Å². The zero-order valence-electron chi connectivity index (χ0n) is 14.8. The van der Waals surface area contributed by atoms with Crippen molar-refractivity contribution in [1.29, 1.82) is 0 Å². The first kappa shape index (κ1) is 18.9. The maximum absolute atomic E-state index is 12.9. The summed E-state index contributed by atoms with van der Waals surface area (Å²) >= 11 is 4.41. The fourth-order valence-electron chi connectivity index (χ4n) is 2.72. The minimum absolute atomic E-state index is 0.0687. The van der Waals surface area contributed by atoms with Crippen LogP contribution in [0.1, 0.15) is 23.1 Å². The Morgan fingerprint density at radius 3 is 3.11 bits per heavy atom. The fraction of sp³-hybridized carbons (Fsp3) is 0.222. The Labute approximate surface area is 174 Å². The van der Waals surface area contributed by atoms with Gasteiger partial charge in [0.2, 0.25) is 5.13 Å². The number of nitrogens with zero attached hydrogens (tertiary/aromatic N) is 4. The van der Waals surface area contributed by atoms with E-state index in [0.717, 1.165) is 14.9 Å². The number of aromatic nitrogens is 2. The Balaban J connectivity index is 1.45. The van der Waals surface area contributed by atoms with Crippen molar-refractivity contribution in [3.05, 3.63) is 59.2 Å². The molecule has 28 heavy (non-hydrogen) atoms. The molecule has 0 spiro atoms. The summed E-state index contributed by atoms with van der Waals surface area (Å²) in [6.07, 6.45) is 4.01. The van der Waals surface area contributed by atoms with Gasteiger partial charge in [0.1, 0.15) is 11.5 Å². The molecule has 0 saturated carbocycles. The molecule has 1 aliphatic heterocycles. The molecule has 0 bridgehead atoms. The first-order chi connectivity index (χ1) is 13.7. The summed E-state index contributed by atoms with van der Waals surface area (Å²) in [6.45, 7) is 4.28. The molecule has 0 aliphatic carbocycles. The first-order valence-corrected chi connectivity index (χ1v) is 11.2. The van der Waals surface area contributed by atoms with Gasteiger partial charge in [-0.15, -0.1) is 28.1 Å². The average molecular weight is 432 g/mol. The van der Waals surface area contributed by atoms with E-state index in [1.165, 1.54) is 23.1 Å². The molecule has 7 nitrogen and oxygen atoms in total. The summed E-state index contributed by atoms with van der Waals surface area (Å²) in [6, 6.07) is 7.61. The maximum Gasteiger partial charge on any atom is 0.253 e. The van der Waals surface area contributed by atoms with Gasteiger partial charge in [0.15, 0.2) is 4.34 Å². The highest BCUT2D eigenvalue weighted by Gasteiger charge is 2.34. The molecule has 1 amide bonds. The topological polar surface area (TPSA) is 83.6 Å². The summed E-state index contributed by atoms with van der Waals surface area (Å²) in [7, 11) is 0. The second-order valence-electron chi connectivity index (χ2n) is 5.83. The van der Waals surface area contributed by atoms with Crippen LogP contribution >= 0.6 is 34.4 Å². The lowest BCUT2D eigenvalue weighted by molar-refractivity contribution is -0.130. The van der Waals surface area contributed by atoms with Crippen LogP contribution in [0.5, 0.6) is 0 Å². The number of furan rings is 1. The Hall–Kier alpha value is -2.43. The van der Waals surface area contributed by atoms with Gasteiger partial charge in [0, 0.05) is 17.8 Å². The third-order valence-electron chi connectivity index (χ3n) is 3.97. The number of amides is 1.